The lowest BCUT2D eigenvalue weighted by Crippen LogP contribution is -2.45. The highest BCUT2D eigenvalue weighted by Crippen LogP contribution is 2.51. The number of rotatable bonds is 3. The zero-order valence-electron chi connectivity index (χ0n) is 16.2. The summed E-state index contributed by atoms with van der Waals surface area (Å²) < 4.78 is 10.7. The Kier molecular flexibility index (Phi) is 4.23. The van der Waals surface area contributed by atoms with Gasteiger partial charge in [-0.1, -0.05) is 6.92 Å². The molecule has 6 nitrogen and oxygen atoms in total. The molecule has 0 aliphatic carbocycles. The van der Waals surface area contributed by atoms with Gasteiger partial charge in [-0.15, -0.1) is 0 Å². The zero-order chi connectivity index (χ0) is 19.2. The number of hydrogen-bond donors (Lipinski definition) is 1. The molecule has 0 aromatic heterocycles. The Morgan fingerprint density at radius 1 is 1.15 bits per heavy atom. The Morgan fingerprint density at radius 3 is 2.56 bits per heavy atom. The number of methoxy groups -OCH3 is 1. The van der Waals surface area contributed by atoms with Crippen molar-refractivity contribution in [1.82, 2.24) is 4.90 Å². The van der Waals surface area contributed by atoms with Crippen LogP contribution in [-0.2, 0) is 5.41 Å². The molecule has 0 radical (unpaired) electrons. The molecule has 1 saturated heterocycles. The average molecular weight is 367 g/mol. The van der Waals surface area contributed by atoms with Crippen molar-refractivity contribution in [1.29, 1.82) is 0 Å². The van der Waals surface area contributed by atoms with E-state index in [1.807, 2.05) is 18.2 Å². The molecule has 0 saturated carbocycles. The highest BCUT2D eigenvalue weighted by Gasteiger charge is 2.52. The molecule has 27 heavy (non-hydrogen) atoms. The van der Waals surface area contributed by atoms with E-state index in [1.54, 1.807) is 31.4 Å². The molecular formula is C21H25N3O3. The summed E-state index contributed by atoms with van der Waals surface area (Å²) in [4.78, 5) is 17.0. The third-order valence-electron chi connectivity index (χ3n) is 5.85. The first kappa shape index (κ1) is 17.7. The molecule has 1 N–H and O–H groups in total. The number of nitrogens with one attached hydrogen (secondary N) is 1. The van der Waals surface area contributed by atoms with E-state index >= 15 is 0 Å². The maximum absolute atomic E-state index is 12.3. The van der Waals surface area contributed by atoms with Gasteiger partial charge in [0, 0.05) is 30.4 Å². The summed E-state index contributed by atoms with van der Waals surface area (Å²) in [6.07, 6.45) is 0.931. The molecule has 2 aromatic carbocycles. The molecule has 2 aliphatic heterocycles. The normalized spacial score (nSPS) is 23.7. The minimum absolute atomic E-state index is 0.0463. The average Bonchev–Trinajstić information content (AvgIpc) is 3.08. The van der Waals surface area contributed by atoms with Gasteiger partial charge in [-0.2, -0.15) is 0 Å². The Hall–Kier alpha value is -2.73. The van der Waals surface area contributed by atoms with Gasteiger partial charge in [-0.3, -0.25) is 10.2 Å². The van der Waals surface area contributed by atoms with Crippen LogP contribution in [0.3, 0.4) is 0 Å². The summed E-state index contributed by atoms with van der Waals surface area (Å²) in [6, 6.07) is 13.0. The number of nitrogens with zero attached hydrogens (tertiary/aromatic N) is 2. The van der Waals surface area contributed by atoms with E-state index in [9.17, 15) is 4.79 Å². The topological polar surface area (TPSA) is 54.0 Å². The molecule has 0 bridgehead atoms. The molecule has 1 unspecified atom stereocenters. The van der Waals surface area contributed by atoms with Gasteiger partial charge in [0.2, 0.25) is 0 Å². The summed E-state index contributed by atoms with van der Waals surface area (Å²) in [5.41, 5.74) is 3.15. The molecule has 1 amide bonds. The molecule has 2 heterocycles. The number of likely N-dealkylation sites (N-methyl/N-ethyl adjacent to an activating group) is 2. The fraction of sp³-hybridized carbons (Fsp3) is 0.381. The number of anilines is 2. The summed E-state index contributed by atoms with van der Waals surface area (Å²) in [5, 5.41) is 2.75. The number of benzene rings is 2. The smallest absolute Gasteiger partial charge is 0.417 e. The van der Waals surface area contributed by atoms with Gasteiger partial charge in [-0.05, 0) is 61.5 Å². The predicted molar refractivity (Wildman–Crippen MR) is 106 cm³/mol. The molecule has 6 heteroatoms. The predicted octanol–water partition coefficient (Wildman–Crippen LogP) is 3.68. The van der Waals surface area contributed by atoms with Crippen molar-refractivity contribution >= 4 is 17.5 Å². The lowest BCUT2D eigenvalue weighted by molar-refractivity contribution is 0.215. The van der Waals surface area contributed by atoms with Crippen LogP contribution in [0.5, 0.6) is 11.5 Å². The van der Waals surface area contributed by atoms with Crippen LogP contribution in [0.15, 0.2) is 42.5 Å². The number of likely N-dealkylation sites (tertiary alicyclic amines) is 1. The first-order valence-corrected chi connectivity index (χ1v) is 9.13. The maximum Gasteiger partial charge on any atom is 0.417 e. The van der Waals surface area contributed by atoms with Gasteiger partial charge in [0.15, 0.2) is 0 Å². The first-order valence-electron chi connectivity index (χ1n) is 9.13. The second-order valence-electron chi connectivity index (χ2n) is 7.55. The van der Waals surface area contributed by atoms with Crippen LogP contribution in [0.1, 0.15) is 18.9 Å². The third kappa shape index (κ3) is 2.90. The van der Waals surface area contributed by atoms with Crippen LogP contribution < -0.4 is 19.7 Å². The van der Waals surface area contributed by atoms with Crippen molar-refractivity contribution in [3.05, 3.63) is 48.0 Å². The van der Waals surface area contributed by atoms with E-state index in [2.05, 4.69) is 36.1 Å². The summed E-state index contributed by atoms with van der Waals surface area (Å²) >= 11 is 0. The highest BCUT2D eigenvalue weighted by molar-refractivity contribution is 5.86. The van der Waals surface area contributed by atoms with Crippen LogP contribution in [0.2, 0.25) is 0 Å². The quantitative estimate of drug-likeness (QED) is 0.897. The van der Waals surface area contributed by atoms with Crippen molar-refractivity contribution < 1.29 is 14.3 Å². The van der Waals surface area contributed by atoms with Crippen LogP contribution in [0.25, 0.3) is 0 Å². The fourth-order valence-corrected chi connectivity index (χ4v) is 4.54. The first-order chi connectivity index (χ1) is 12.9. The summed E-state index contributed by atoms with van der Waals surface area (Å²) in [7, 11) is 5.90. The van der Waals surface area contributed by atoms with E-state index in [0.717, 1.165) is 18.7 Å². The largest absolute Gasteiger partial charge is 0.497 e. The van der Waals surface area contributed by atoms with E-state index < -0.39 is 6.09 Å². The van der Waals surface area contributed by atoms with Gasteiger partial charge in [0.1, 0.15) is 11.5 Å². The zero-order valence-corrected chi connectivity index (χ0v) is 16.2. The van der Waals surface area contributed by atoms with E-state index in [4.69, 9.17) is 9.47 Å². The Bertz CT molecular complexity index is 867. The van der Waals surface area contributed by atoms with Crippen LogP contribution in [0.4, 0.5) is 16.2 Å². The lowest BCUT2D eigenvalue weighted by Gasteiger charge is -2.32. The molecule has 2 aromatic rings. The third-order valence-corrected chi connectivity index (χ3v) is 5.85. The molecule has 2 atom stereocenters. The number of fused-ring (bicyclic) bond motifs is 3. The molecule has 2 aliphatic rings. The Morgan fingerprint density at radius 2 is 1.85 bits per heavy atom. The van der Waals surface area contributed by atoms with Crippen molar-refractivity contribution in [2.24, 2.45) is 0 Å². The number of hydrogen-bond acceptors (Lipinski definition) is 5. The molecular weight excluding hydrogens is 342 g/mol. The standard InChI is InChI=1S/C21H25N3O3/c1-21-11-12-23(2)19(21)24(3)18-10-9-16(13-17(18)21)27-20(25)22-14-5-7-15(26-4)8-6-14/h5-10,13,19H,11-12H2,1-4H3,(H,22,25)/t19?,21-/m0/s1. The monoisotopic (exact) mass is 367 g/mol. The van der Waals surface area contributed by atoms with Gasteiger partial charge in [-0.25, -0.2) is 4.79 Å². The molecule has 1 fully saturated rings. The van der Waals surface area contributed by atoms with Crippen LogP contribution >= 0.6 is 0 Å². The SMILES string of the molecule is COc1ccc(NC(=O)Oc2ccc3c(c2)[C@]2(C)CCN(C)C2N3C)cc1. The van der Waals surface area contributed by atoms with Crippen molar-refractivity contribution in [3.63, 3.8) is 0 Å². The van der Waals surface area contributed by atoms with E-state index in [-0.39, 0.29) is 5.41 Å². The van der Waals surface area contributed by atoms with Gasteiger partial charge in [0.05, 0.1) is 13.3 Å². The molecule has 4 rings (SSSR count). The number of carbonyl (C=O) groups is 1. The van der Waals surface area contributed by atoms with E-state index in [1.165, 1.54) is 11.3 Å². The Balaban J connectivity index is 1.51. The number of amides is 1. The molecule has 142 valence electrons. The minimum atomic E-state index is -0.503. The summed E-state index contributed by atoms with van der Waals surface area (Å²) in [5.74, 6) is 1.30. The summed E-state index contributed by atoms with van der Waals surface area (Å²) in [6.45, 7) is 3.36. The maximum atomic E-state index is 12.3. The lowest BCUT2D eigenvalue weighted by atomic mass is 9.81. The van der Waals surface area contributed by atoms with Gasteiger partial charge in [0.25, 0.3) is 0 Å². The van der Waals surface area contributed by atoms with Crippen LogP contribution in [-0.4, -0.2) is 44.9 Å². The van der Waals surface area contributed by atoms with Gasteiger partial charge < -0.3 is 14.4 Å². The van der Waals surface area contributed by atoms with Crippen molar-refractivity contribution in [3.8, 4) is 11.5 Å². The second kappa shape index (κ2) is 6.46. The fourth-order valence-electron chi connectivity index (χ4n) is 4.54. The van der Waals surface area contributed by atoms with Crippen molar-refractivity contribution in [2.45, 2.75) is 24.9 Å². The van der Waals surface area contributed by atoms with Crippen LogP contribution in [0, 0.1) is 0 Å². The van der Waals surface area contributed by atoms with Gasteiger partial charge >= 0.3 is 6.09 Å². The number of ether oxygens (including phenoxy) is 2. The second-order valence-corrected chi connectivity index (χ2v) is 7.55. The van der Waals surface area contributed by atoms with E-state index in [0.29, 0.717) is 17.6 Å². The highest BCUT2D eigenvalue weighted by atomic mass is 16.6. The molecule has 0 spiro atoms. The minimum Gasteiger partial charge on any atom is -0.497 e. The van der Waals surface area contributed by atoms with Crippen molar-refractivity contribution in [2.75, 3.05) is 38.0 Å². The Labute approximate surface area is 159 Å². The number of carbonyl (C=O) groups excluding carboxylic acids is 1.